The average Bonchev–Trinajstić information content (AvgIpc) is 3.05. The van der Waals surface area contributed by atoms with Crippen LogP contribution in [0.15, 0.2) is 21.0 Å². The Morgan fingerprint density at radius 3 is 3.05 bits per heavy atom. The summed E-state index contributed by atoms with van der Waals surface area (Å²) in [6.45, 7) is 2.05. The molecule has 0 aliphatic heterocycles. The first-order valence-electron chi connectivity index (χ1n) is 6.02. The topological polar surface area (TPSA) is 77.2 Å². The maximum absolute atomic E-state index is 11.3. The zero-order valence-electron chi connectivity index (χ0n) is 11.2. The number of ether oxygens (including phenoxy) is 1. The molecule has 0 spiro atoms. The Bertz CT molecular complexity index is 568. The van der Waals surface area contributed by atoms with E-state index in [0.717, 1.165) is 16.4 Å². The standard InChI is InChI=1S/C12H15N3O3S2/c1-3-8-4-13-10(18-8)7-19-11-5-14-12(20-11)15-9(16)6-17-2/h4-5H,3,6-7H2,1-2H3,(H,14,15,16). The van der Waals surface area contributed by atoms with Crippen LogP contribution in [0.2, 0.25) is 0 Å². The number of aromatic nitrogens is 2. The van der Waals surface area contributed by atoms with Crippen LogP contribution < -0.4 is 5.32 Å². The minimum Gasteiger partial charge on any atom is -0.445 e. The van der Waals surface area contributed by atoms with Crippen molar-refractivity contribution in [2.45, 2.75) is 23.3 Å². The van der Waals surface area contributed by atoms with E-state index in [4.69, 9.17) is 9.15 Å². The van der Waals surface area contributed by atoms with Gasteiger partial charge < -0.3 is 9.15 Å². The Kier molecular flexibility index (Phi) is 5.57. The molecule has 2 heterocycles. The van der Waals surface area contributed by atoms with E-state index in [1.807, 2.05) is 6.92 Å². The van der Waals surface area contributed by atoms with E-state index in [9.17, 15) is 4.79 Å². The number of nitrogens with zero attached hydrogens (tertiary/aromatic N) is 2. The number of oxazole rings is 1. The molecule has 2 aromatic rings. The fourth-order valence-corrected chi connectivity index (χ4v) is 3.12. The quantitative estimate of drug-likeness (QED) is 0.792. The van der Waals surface area contributed by atoms with Crippen molar-refractivity contribution >= 4 is 34.1 Å². The number of nitrogens with one attached hydrogen (secondary N) is 1. The van der Waals surface area contributed by atoms with Crippen LogP contribution in [0.3, 0.4) is 0 Å². The number of amides is 1. The number of thiazole rings is 1. The van der Waals surface area contributed by atoms with Crippen LogP contribution in [0.4, 0.5) is 5.13 Å². The second-order valence-electron chi connectivity index (χ2n) is 3.83. The fraction of sp³-hybridized carbons (Fsp3) is 0.417. The highest BCUT2D eigenvalue weighted by atomic mass is 32.2. The number of anilines is 1. The molecular weight excluding hydrogens is 298 g/mol. The summed E-state index contributed by atoms with van der Waals surface area (Å²) in [5, 5.41) is 3.23. The van der Waals surface area contributed by atoms with E-state index in [1.54, 1.807) is 24.2 Å². The summed E-state index contributed by atoms with van der Waals surface area (Å²) in [5.74, 6) is 2.02. The molecule has 6 nitrogen and oxygen atoms in total. The number of hydrogen-bond acceptors (Lipinski definition) is 7. The Hall–Kier alpha value is -1.38. The van der Waals surface area contributed by atoms with Gasteiger partial charge in [-0.2, -0.15) is 0 Å². The van der Waals surface area contributed by atoms with Crippen LogP contribution in [0.25, 0.3) is 0 Å². The molecule has 0 aromatic carbocycles. The zero-order valence-corrected chi connectivity index (χ0v) is 12.8. The van der Waals surface area contributed by atoms with E-state index in [0.29, 0.717) is 16.8 Å². The monoisotopic (exact) mass is 313 g/mol. The van der Waals surface area contributed by atoms with Crippen molar-refractivity contribution in [3.8, 4) is 0 Å². The molecule has 108 valence electrons. The number of hydrogen-bond donors (Lipinski definition) is 1. The van der Waals surface area contributed by atoms with Crippen molar-refractivity contribution in [2.75, 3.05) is 19.0 Å². The van der Waals surface area contributed by atoms with Crippen LogP contribution in [0, 0.1) is 0 Å². The molecule has 20 heavy (non-hydrogen) atoms. The van der Waals surface area contributed by atoms with Crippen molar-refractivity contribution in [3.63, 3.8) is 0 Å². The van der Waals surface area contributed by atoms with Gasteiger partial charge in [0.2, 0.25) is 5.89 Å². The predicted molar refractivity (Wildman–Crippen MR) is 78.1 cm³/mol. The molecule has 0 atom stereocenters. The molecule has 0 bridgehead atoms. The van der Waals surface area contributed by atoms with Gasteiger partial charge in [0, 0.05) is 13.5 Å². The van der Waals surface area contributed by atoms with Gasteiger partial charge in [0.05, 0.1) is 22.4 Å². The summed E-state index contributed by atoms with van der Waals surface area (Å²) >= 11 is 2.99. The van der Waals surface area contributed by atoms with Crippen LogP contribution >= 0.6 is 23.1 Å². The van der Waals surface area contributed by atoms with Crippen molar-refractivity contribution in [3.05, 3.63) is 24.0 Å². The maximum atomic E-state index is 11.3. The molecule has 0 aliphatic carbocycles. The Labute approximate surface area is 125 Å². The van der Waals surface area contributed by atoms with E-state index < -0.39 is 0 Å². The van der Waals surface area contributed by atoms with E-state index in [1.165, 1.54) is 18.4 Å². The first kappa shape index (κ1) is 15.0. The highest BCUT2D eigenvalue weighted by Crippen LogP contribution is 2.30. The normalized spacial score (nSPS) is 10.7. The molecule has 0 fully saturated rings. The van der Waals surface area contributed by atoms with Crippen LogP contribution in [-0.4, -0.2) is 29.6 Å². The average molecular weight is 313 g/mol. The van der Waals surface area contributed by atoms with Gasteiger partial charge in [-0.25, -0.2) is 9.97 Å². The molecular formula is C12H15N3O3S2. The van der Waals surface area contributed by atoms with Gasteiger partial charge in [-0.15, -0.1) is 11.8 Å². The van der Waals surface area contributed by atoms with Gasteiger partial charge in [-0.1, -0.05) is 18.3 Å². The minimum absolute atomic E-state index is 0.0260. The lowest BCUT2D eigenvalue weighted by Crippen LogP contribution is -2.16. The first-order valence-corrected chi connectivity index (χ1v) is 7.82. The molecule has 2 rings (SSSR count). The largest absolute Gasteiger partial charge is 0.445 e. The van der Waals surface area contributed by atoms with Crippen molar-refractivity contribution in [1.82, 2.24) is 9.97 Å². The molecule has 0 aliphatic rings. The van der Waals surface area contributed by atoms with Gasteiger partial charge in [0.15, 0.2) is 5.13 Å². The third-order valence-electron chi connectivity index (χ3n) is 2.29. The lowest BCUT2D eigenvalue weighted by molar-refractivity contribution is -0.119. The van der Waals surface area contributed by atoms with Gasteiger partial charge >= 0.3 is 0 Å². The van der Waals surface area contributed by atoms with E-state index >= 15 is 0 Å². The number of carbonyl (C=O) groups is 1. The molecule has 0 unspecified atom stereocenters. The molecule has 0 saturated carbocycles. The molecule has 2 aromatic heterocycles. The van der Waals surface area contributed by atoms with Gasteiger partial charge in [-0.05, 0) is 0 Å². The molecule has 1 N–H and O–H groups in total. The van der Waals surface area contributed by atoms with Crippen LogP contribution in [0.5, 0.6) is 0 Å². The fourth-order valence-electron chi connectivity index (χ4n) is 1.38. The predicted octanol–water partition coefficient (Wildman–Crippen LogP) is 2.57. The summed E-state index contributed by atoms with van der Waals surface area (Å²) in [4.78, 5) is 19.7. The van der Waals surface area contributed by atoms with Crippen molar-refractivity contribution < 1.29 is 13.9 Å². The second-order valence-corrected chi connectivity index (χ2v) is 6.13. The number of aryl methyl sites for hydroxylation is 1. The van der Waals surface area contributed by atoms with Crippen molar-refractivity contribution in [2.24, 2.45) is 0 Å². The molecule has 0 saturated heterocycles. The zero-order chi connectivity index (χ0) is 14.4. The SMILES string of the molecule is CCc1cnc(CSc2cnc(NC(=O)COC)s2)o1. The number of thioether (sulfide) groups is 1. The summed E-state index contributed by atoms with van der Waals surface area (Å²) in [7, 11) is 1.48. The third-order valence-corrected chi connectivity index (χ3v) is 4.39. The number of rotatable bonds is 7. The summed E-state index contributed by atoms with van der Waals surface area (Å²) in [6.07, 6.45) is 4.31. The van der Waals surface area contributed by atoms with E-state index in [-0.39, 0.29) is 12.5 Å². The Morgan fingerprint density at radius 1 is 1.50 bits per heavy atom. The van der Waals surface area contributed by atoms with Gasteiger partial charge in [0.1, 0.15) is 12.4 Å². The van der Waals surface area contributed by atoms with Crippen LogP contribution in [0.1, 0.15) is 18.6 Å². The molecule has 8 heteroatoms. The highest BCUT2D eigenvalue weighted by Gasteiger charge is 2.08. The second kappa shape index (κ2) is 7.41. The summed E-state index contributed by atoms with van der Waals surface area (Å²) < 4.78 is 11.3. The van der Waals surface area contributed by atoms with E-state index in [2.05, 4.69) is 15.3 Å². The minimum atomic E-state index is -0.210. The summed E-state index contributed by atoms with van der Waals surface area (Å²) in [6, 6.07) is 0. The number of methoxy groups -OCH3 is 1. The molecule has 0 radical (unpaired) electrons. The first-order chi connectivity index (χ1) is 9.71. The lowest BCUT2D eigenvalue weighted by atomic mass is 10.4. The lowest BCUT2D eigenvalue weighted by Gasteiger charge is -1.98. The number of carbonyl (C=O) groups excluding carboxylic acids is 1. The Morgan fingerprint density at radius 2 is 2.35 bits per heavy atom. The third kappa shape index (κ3) is 4.32. The Balaban J connectivity index is 1.84. The van der Waals surface area contributed by atoms with Gasteiger partial charge in [-0.3, -0.25) is 10.1 Å². The van der Waals surface area contributed by atoms with Crippen molar-refractivity contribution in [1.29, 1.82) is 0 Å². The smallest absolute Gasteiger partial charge is 0.252 e. The highest BCUT2D eigenvalue weighted by molar-refractivity contribution is 8.00. The maximum Gasteiger partial charge on any atom is 0.252 e. The molecule has 1 amide bonds. The van der Waals surface area contributed by atoms with Crippen LogP contribution in [-0.2, 0) is 21.7 Å². The van der Waals surface area contributed by atoms with Gasteiger partial charge in [0.25, 0.3) is 5.91 Å². The summed E-state index contributed by atoms with van der Waals surface area (Å²) in [5.41, 5.74) is 0.